The zero-order chi connectivity index (χ0) is 13.8. The van der Waals surface area contributed by atoms with Crippen molar-refractivity contribution in [3.05, 3.63) is 34.6 Å². The van der Waals surface area contributed by atoms with Crippen LogP contribution in [0.15, 0.2) is 18.2 Å². The van der Waals surface area contributed by atoms with Gasteiger partial charge in [0.2, 0.25) is 0 Å². The van der Waals surface area contributed by atoms with Crippen LogP contribution in [0.5, 0.6) is 0 Å². The summed E-state index contributed by atoms with van der Waals surface area (Å²) in [6.07, 6.45) is 4.84. The van der Waals surface area contributed by atoms with E-state index in [0.717, 1.165) is 25.3 Å². The van der Waals surface area contributed by atoms with Crippen LogP contribution in [0.4, 0.5) is 4.39 Å². The van der Waals surface area contributed by atoms with Gasteiger partial charge in [-0.15, -0.1) is 0 Å². The molecular weight excluding hydrogens is 261 g/mol. The Bertz CT molecular complexity index is 401. The van der Waals surface area contributed by atoms with Crippen LogP contribution in [0.25, 0.3) is 0 Å². The number of hydrogen-bond acceptors (Lipinski definition) is 1. The molecule has 0 bridgehead atoms. The Balaban J connectivity index is 2.28. The lowest BCUT2D eigenvalue weighted by Crippen LogP contribution is -2.32. The lowest BCUT2D eigenvalue weighted by Gasteiger charge is -2.34. The highest BCUT2D eigenvalue weighted by Crippen LogP contribution is 2.39. The molecule has 0 spiro atoms. The van der Waals surface area contributed by atoms with Crippen LogP contribution in [-0.4, -0.2) is 6.54 Å². The van der Waals surface area contributed by atoms with Crippen LogP contribution in [0, 0.1) is 17.7 Å². The van der Waals surface area contributed by atoms with E-state index in [9.17, 15) is 4.39 Å². The molecule has 1 N–H and O–H groups in total. The average molecular weight is 284 g/mol. The molecule has 0 amide bonds. The van der Waals surface area contributed by atoms with Gasteiger partial charge in [0.05, 0.1) is 0 Å². The Kier molecular flexibility index (Phi) is 5.23. The van der Waals surface area contributed by atoms with Gasteiger partial charge < -0.3 is 5.32 Å². The van der Waals surface area contributed by atoms with E-state index in [1.54, 1.807) is 12.1 Å². The zero-order valence-electron chi connectivity index (χ0n) is 11.8. The van der Waals surface area contributed by atoms with Crippen LogP contribution >= 0.6 is 11.6 Å². The van der Waals surface area contributed by atoms with E-state index < -0.39 is 0 Å². The SMILES string of the molecule is CCNC(c1c(F)cccc1Cl)C1CCCC(C)C1. The largest absolute Gasteiger partial charge is 0.310 e. The van der Waals surface area contributed by atoms with E-state index >= 15 is 0 Å². The molecule has 1 fully saturated rings. The second kappa shape index (κ2) is 6.71. The monoisotopic (exact) mass is 283 g/mol. The van der Waals surface area contributed by atoms with Gasteiger partial charge in [0, 0.05) is 16.6 Å². The average Bonchev–Trinajstić information content (AvgIpc) is 2.37. The van der Waals surface area contributed by atoms with Crippen molar-refractivity contribution in [2.75, 3.05) is 6.54 Å². The predicted octanol–water partition coefficient (Wildman–Crippen LogP) is 4.96. The number of halogens is 2. The molecule has 0 aromatic heterocycles. The molecule has 2 rings (SSSR count). The first-order chi connectivity index (χ1) is 9.13. The lowest BCUT2D eigenvalue weighted by atomic mass is 9.76. The normalized spacial score (nSPS) is 25.3. The fourth-order valence-corrected chi connectivity index (χ4v) is 3.60. The highest BCUT2D eigenvalue weighted by Gasteiger charge is 2.30. The minimum Gasteiger partial charge on any atom is -0.310 e. The molecule has 0 saturated heterocycles. The van der Waals surface area contributed by atoms with E-state index in [1.165, 1.54) is 18.9 Å². The summed E-state index contributed by atoms with van der Waals surface area (Å²) in [4.78, 5) is 0. The Morgan fingerprint density at radius 1 is 1.42 bits per heavy atom. The first-order valence-electron chi connectivity index (χ1n) is 7.30. The molecule has 1 saturated carbocycles. The number of hydrogen-bond donors (Lipinski definition) is 1. The van der Waals surface area contributed by atoms with Gasteiger partial charge in [-0.1, -0.05) is 44.4 Å². The maximum absolute atomic E-state index is 14.2. The highest BCUT2D eigenvalue weighted by molar-refractivity contribution is 6.31. The minimum absolute atomic E-state index is 0.0430. The Morgan fingerprint density at radius 2 is 2.21 bits per heavy atom. The molecule has 0 aliphatic heterocycles. The predicted molar refractivity (Wildman–Crippen MR) is 78.9 cm³/mol. The summed E-state index contributed by atoms with van der Waals surface area (Å²) in [7, 11) is 0. The molecule has 3 atom stereocenters. The molecule has 1 aliphatic rings. The van der Waals surface area contributed by atoms with E-state index in [-0.39, 0.29) is 11.9 Å². The van der Waals surface area contributed by atoms with Crippen molar-refractivity contribution in [2.24, 2.45) is 11.8 Å². The first-order valence-corrected chi connectivity index (χ1v) is 7.68. The van der Waals surface area contributed by atoms with Gasteiger partial charge in [0.25, 0.3) is 0 Å². The van der Waals surface area contributed by atoms with Crippen molar-refractivity contribution < 1.29 is 4.39 Å². The third kappa shape index (κ3) is 3.49. The van der Waals surface area contributed by atoms with Crippen LogP contribution in [-0.2, 0) is 0 Å². The van der Waals surface area contributed by atoms with Crippen molar-refractivity contribution in [3.63, 3.8) is 0 Å². The molecule has 0 radical (unpaired) electrons. The maximum Gasteiger partial charge on any atom is 0.129 e. The molecule has 1 aliphatic carbocycles. The Morgan fingerprint density at radius 3 is 2.84 bits per heavy atom. The molecule has 1 aromatic rings. The van der Waals surface area contributed by atoms with E-state index in [1.807, 2.05) is 0 Å². The quantitative estimate of drug-likeness (QED) is 0.824. The molecular formula is C16H23ClFN. The van der Waals surface area contributed by atoms with Crippen molar-refractivity contribution in [1.29, 1.82) is 0 Å². The van der Waals surface area contributed by atoms with Crippen molar-refractivity contribution >= 4 is 11.6 Å². The second-order valence-electron chi connectivity index (χ2n) is 5.70. The minimum atomic E-state index is -0.184. The summed E-state index contributed by atoms with van der Waals surface area (Å²) in [6, 6.07) is 5.02. The summed E-state index contributed by atoms with van der Waals surface area (Å²) >= 11 is 6.24. The molecule has 1 nitrogen and oxygen atoms in total. The van der Waals surface area contributed by atoms with Gasteiger partial charge in [-0.25, -0.2) is 4.39 Å². The van der Waals surface area contributed by atoms with Crippen LogP contribution < -0.4 is 5.32 Å². The third-order valence-electron chi connectivity index (χ3n) is 4.18. The van der Waals surface area contributed by atoms with Gasteiger partial charge in [0.1, 0.15) is 5.82 Å². The molecule has 106 valence electrons. The van der Waals surface area contributed by atoms with Gasteiger partial charge in [0.15, 0.2) is 0 Å². The Hall–Kier alpha value is -0.600. The number of benzene rings is 1. The third-order valence-corrected chi connectivity index (χ3v) is 4.51. The summed E-state index contributed by atoms with van der Waals surface area (Å²) in [5.74, 6) is 1.03. The summed E-state index contributed by atoms with van der Waals surface area (Å²) in [5, 5.41) is 3.99. The standard InChI is InChI=1S/C16H23ClFN/c1-3-19-16(12-7-4-6-11(2)10-12)15-13(17)8-5-9-14(15)18/h5,8-9,11-12,16,19H,3-4,6-7,10H2,1-2H3. The molecule has 0 heterocycles. The van der Waals surface area contributed by atoms with Crippen LogP contribution in [0.2, 0.25) is 5.02 Å². The second-order valence-corrected chi connectivity index (χ2v) is 6.11. The first kappa shape index (κ1) is 14.8. The van der Waals surface area contributed by atoms with E-state index in [2.05, 4.69) is 19.2 Å². The van der Waals surface area contributed by atoms with Crippen molar-refractivity contribution in [2.45, 2.75) is 45.6 Å². The molecule has 1 aromatic carbocycles. The smallest absolute Gasteiger partial charge is 0.129 e. The van der Waals surface area contributed by atoms with Crippen LogP contribution in [0.3, 0.4) is 0 Å². The molecule has 3 heteroatoms. The number of nitrogens with one attached hydrogen (secondary N) is 1. The highest BCUT2D eigenvalue weighted by atomic mass is 35.5. The fraction of sp³-hybridized carbons (Fsp3) is 0.625. The molecule has 19 heavy (non-hydrogen) atoms. The fourth-order valence-electron chi connectivity index (χ4n) is 3.32. The van der Waals surface area contributed by atoms with Crippen LogP contribution in [0.1, 0.15) is 51.1 Å². The van der Waals surface area contributed by atoms with Gasteiger partial charge >= 0.3 is 0 Å². The summed E-state index contributed by atoms with van der Waals surface area (Å²) in [5.41, 5.74) is 0.658. The van der Waals surface area contributed by atoms with Gasteiger partial charge in [-0.3, -0.25) is 0 Å². The summed E-state index contributed by atoms with van der Waals surface area (Å²) < 4.78 is 14.2. The Labute approximate surface area is 120 Å². The maximum atomic E-state index is 14.2. The van der Waals surface area contributed by atoms with Gasteiger partial charge in [-0.2, -0.15) is 0 Å². The lowest BCUT2D eigenvalue weighted by molar-refractivity contribution is 0.222. The van der Waals surface area contributed by atoms with Gasteiger partial charge in [-0.05, 0) is 43.4 Å². The van der Waals surface area contributed by atoms with Crippen molar-refractivity contribution in [3.8, 4) is 0 Å². The number of rotatable bonds is 4. The summed E-state index contributed by atoms with van der Waals surface area (Å²) in [6.45, 7) is 5.19. The zero-order valence-corrected chi connectivity index (χ0v) is 12.5. The van der Waals surface area contributed by atoms with E-state index in [4.69, 9.17) is 11.6 Å². The van der Waals surface area contributed by atoms with Crippen molar-refractivity contribution in [1.82, 2.24) is 5.32 Å². The van der Waals surface area contributed by atoms with E-state index in [0.29, 0.717) is 16.5 Å². The molecule has 3 unspecified atom stereocenters. The topological polar surface area (TPSA) is 12.0 Å².